The van der Waals surface area contributed by atoms with Crippen molar-refractivity contribution in [2.24, 2.45) is 0 Å². The van der Waals surface area contributed by atoms with Gasteiger partial charge in [-0.2, -0.15) is 11.8 Å². The Hall–Kier alpha value is -0.670. The van der Waals surface area contributed by atoms with E-state index in [1.54, 1.807) is 0 Å². The fourth-order valence-corrected chi connectivity index (χ4v) is 2.93. The maximum Gasteiger partial charge on any atom is 0.0666 e. The lowest BCUT2D eigenvalue weighted by molar-refractivity contribution is 0.129. The number of thioether (sulfide) groups is 1. The fraction of sp³-hybridized carbons (Fsp3) is 0.571. The van der Waals surface area contributed by atoms with Crippen molar-refractivity contribution in [1.82, 2.24) is 0 Å². The highest BCUT2D eigenvalue weighted by molar-refractivity contribution is 7.99. The summed E-state index contributed by atoms with van der Waals surface area (Å²) in [7, 11) is 0. The Kier molecular flexibility index (Phi) is 5.20. The molecule has 0 amide bonds. The molecule has 1 aromatic rings. The molecule has 3 heteroatoms. The van der Waals surface area contributed by atoms with Crippen molar-refractivity contribution in [3.05, 3.63) is 30.3 Å². The molecule has 0 radical (unpaired) electrons. The van der Waals surface area contributed by atoms with Crippen LogP contribution in [0.4, 0.5) is 5.69 Å². The number of benzene rings is 1. The van der Waals surface area contributed by atoms with E-state index in [0.29, 0.717) is 11.4 Å². The van der Waals surface area contributed by atoms with Crippen molar-refractivity contribution >= 4 is 17.4 Å². The van der Waals surface area contributed by atoms with Crippen molar-refractivity contribution < 1.29 is 4.74 Å². The second kappa shape index (κ2) is 6.92. The van der Waals surface area contributed by atoms with Crippen molar-refractivity contribution in [3.8, 4) is 0 Å². The Morgan fingerprint density at radius 1 is 1.41 bits per heavy atom. The van der Waals surface area contributed by atoms with Crippen LogP contribution >= 0.6 is 11.8 Å². The third-order valence-corrected chi connectivity index (χ3v) is 4.26. The summed E-state index contributed by atoms with van der Waals surface area (Å²) in [4.78, 5) is 0. The summed E-state index contributed by atoms with van der Waals surface area (Å²) in [5, 5.41) is 4.08. The SMILES string of the molecule is CC(CNc1ccccc1)SCC1CCCO1. The number of rotatable bonds is 6. The molecule has 0 bridgehead atoms. The minimum Gasteiger partial charge on any atom is -0.384 e. The Labute approximate surface area is 108 Å². The molecule has 1 saturated heterocycles. The largest absolute Gasteiger partial charge is 0.384 e. The van der Waals surface area contributed by atoms with E-state index < -0.39 is 0 Å². The lowest BCUT2D eigenvalue weighted by atomic mass is 10.3. The molecule has 1 N–H and O–H groups in total. The van der Waals surface area contributed by atoms with Crippen LogP contribution in [-0.4, -0.2) is 30.3 Å². The molecule has 1 aliphatic heterocycles. The fourth-order valence-electron chi connectivity index (χ4n) is 1.92. The molecule has 1 aromatic carbocycles. The van der Waals surface area contributed by atoms with Crippen LogP contribution in [0, 0.1) is 0 Å². The smallest absolute Gasteiger partial charge is 0.0666 e. The summed E-state index contributed by atoms with van der Waals surface area (Å²) in [5.74, 6) is 1.14. The molecule has 2 rings (SSSR count). The predicted octanol–water partition coefficient (Wildman–Crippen LogP) is 3.40. The average molecular weight is 251 g/mol. The van der Waals surface area contributed by atoms with E-state index in [4.69, 9.17) is 4.74 Å². The molecular formula is C14H21NOS. The third-order valence-electron chi connectivity index (χ3n) is 2.96. The summed E-state index contributed by atoms with van der Waals surface area (Å²) < 4.78 is 5.62. The van der Waals surface area contributed by atoms with Gasteiger partial charge in [-0.05, 0) is 25.0 Å². The lowest BCUT2D eigenvalue weighted by Gasteiger charge is -2.15. The molecule has 0 aliphatic carbocycles. The number of hydrogen-bond acceptors (Lipinski definition) is 3. The van der Waals surface area contributed by atoms with Crippen LogP contribution in [0.5, 0.6) is 0 Å². The van der Waals surface area contributed by atoms with Crippen LogP contribution in [0.1, 0.15) is 19.8 Å². The molecule has 17 heavy (non-hydrogen) atoms. The van der Waals surface area contributed by atoms with Gasteiger partial charge in [0.1, 0.15) is 0 Å². The maximum absolute atomic E-state index is 5.62. The monoisotopic (exact) mass is 251 g/mol. The van der Waals surface area contributed by atoms with Gasteiger partial charge in [-0.1, -0.05) is 25.1 Å². The third kappa shape index (κ3) is 4.60. The first-order valence-corrected chi connectivity index (χ1v) is 7.41. The summed E-state index contributed by atoms with van der Waals surface area (Å²) in [6, 6.07) is 10.4. The number of anilines is 1. The minimum absolute atomic E-state index is 0.499. The summed E-state index contributed by atoms with van der Waals surface area (Å²) >= 11 is 2.01. The van der Waals surface area contributed by atoms with E-state index in [9.17, 15) is 0 Å². The van der Waals surface area contributed by atoms with E-state index in [2.05, 4.69) is 36.5 Å². The molecule has 0 saturated carbocycles. The standard InChI is InChI=1S/C14H21NOS/c1-12(17-11-14-8-5-9-16-14)10-15-13-6-3-2-4-7-13/h2-4,6-7,12,14-15H,5,8-11H2,1H3. The zero-order chi connectivity index (χ0) is 11.9. The molecule has 1 fully saturated rings. The van der Waals surface area contributed by atoms with Gasteiger partial charge in [0, 0.05) is 29.8 Å². The number of ether oxygens (including phenoxy) is 1. The minimum atomic E-state index is 0.499. The summed E-state index contributed by atoms with van der Waals surface area (Å²) in [6.45, 7) is 4.25. The van der Waals surface area contributed by atoms with Crippen molar-refractivity contribution in [2.75, 3.05) is 24.2 Å². The van der Waals surface area contributed by atoms with Crippen LogP contribution in [0.3, 0.4) is 0 Å². The molecule has 2 atom stereocenters. The van der Waals surface area contributed by atoms with E-state index in [1.165, 1.54) is 18.5 Å². The first kappa shape index (κ1) is 12.8. The highest BCUT2D eigenvalue weighted by atomic mass is 32.2. The van der Waals surface area contributed by atoms with Crippen LogP contribution < -0.4 is 5.32 Å². The maximum atomic E-state index is 5.62. The van der Waals surface area contributed by atoms with Gasteiger partial charge in [0.05, 0.1) is 6.10 Å². The van der Waals surface area contributed by atoms with Crippen LogP contribution in [0.25, 0.3) is 0 Å². The van der Waals surface area contributed by atoms with E-state index in [1.807, 2.05) is 17.8 Å². The topological polar surface area (TPSA) is 21.3 Å². The number of para-hydroxylation sites is 1. The zero-order valence-corrected chi connectivity index (χ0v) is 11.2. The number of nitrogens with one attached hydrogen (secondary N) is 1. The normalized spacial score (nSPS) is 21.4. The molecule has 94 valence electrons. The summed E-state index contributed by atoms with van der Waals surface area (Å²) in [5.41, 5.74) is 1.21. The second-order valence-corrected chi connectivity index (χ2v) is 6.00. The zero-order valence-electron chi connectivity index (χ0n) is 10.4. The second-order valence-electron chi connectivity index (χ2n) is 4.53. The molecule has 1 aliphatic rings. The Morgan fingerprint density at radius 3 is 2.94 bits per heavy atom. The van der Waals surface area contributed by atoms with Crippen molar-refractivity contribution in [1.29, 1.82) is 0 Å². The molecule has 2 unspecified atom stereocenters. The predicted molar refractivity (Wildman–Crippen MR) is 75.8 cm³/mol. The van der Waals surface area contributed by atoms with Crippen LogP contribution in [0.15, 0.2) is 30.3 Å². The first-order valence-electron chi connectivity index (χ1n) is 6.37. The van der Waals surface area contributed by atoms with Gasteiger partial charge in [0.15, 0.2) is 0 Å². The van der Waals surface area contributed by atoms with Gasteiger partial charge in [0.2, 0.25) is 0 Å². The highest BCUT2D eigenvalue weighted by Gasteiger charge is 2.16. The Morgan fingerprint density at radius 2 is 2.24 bits per heavy atom. The van der Waals surface area contributed by atoms with E-state index >= 15 is 0 Å². The molecular weight excluding hydrogens is 230 g/mol. The van der Waals surface area contributed by atoms with Crippen LogP contribution in [0.2, 0.25) is 0 Å². The van der Waals surface area contributed by atoms with Crippen LogP contribution in [-0.2, 0) is 4.74 Å². The molecule has 0 spiro atoms. The quantitative estimate of drug-likeness (QED) is 0.837. The molecule has 1 heterocycles. The lowest BCUT2D eigenvalue weighted by Crippen LogP contribution is -2.17. The molecule has 2 nitrogen and oxygen atoms in total. The van der Waals surface area contributed by atoms with Gasteiger partial charge < -0.3 is 10.1 Å². The Balaban J connectivity index is 1.62. The molecule has 0 aromatic heterocycles. The Bertz CT molecular complexity index is 311. The van der Waals surface area contributed by atoms with E-state index in [-0.39, 0.29) is 0 Å². The van der Waals surface area contributed by atoms with Gasteiger partial charge in [-0.15, -0.1) is 0 Å². The van der Waals surface area contributed by atoms with Gasteiger partial charge in [-0.25, -0.2) is 0 Å². The number of hydrogen-bond donors (Lipinski definition) is 1. The van der Waals surface area contributed by atoms with Gasteiger partial charge >= 0.3 is 0 Å². The first-order chi connectivity index (χ1) is 8.34. The van der Waals surface area contributed by atoms with Gasteiger partial charge in [0.25, 0.3) is 0 Å². The highest BCUT2D eigenvalue weighted by Crippen LogP contribution is 2.20. The average Bonchev–Trinajstić information content (AvgIpc) is 2.88. The van der Waals surface area contributed by atoms with Gasteiger partial charge in [-0.3, -0.25) is 0 Å². The van der Waals surface area contributed by atoms with E-state index in [0.717, 1.165) is 18.9 Å². The van der Waals surface area contributed by atoms with Crippen molar-refractivity contribution in [3.63, 3.8) is 0 Å². The van der Waals surface area contributed by atoms with Crippen molar-refractivity contribution in [2.45, 2.75) is 31.1 Å². The summed E-state index contributed by atoms with van der Waals surface area (Å²) in [6.07, 6.45) is 2.98.